The second-order valence-electron chi connectivity index (χ2n) is 4.86. The predicted octanol–water partition coefficient (Wildman–Crippen LogP) is 2.79. The van der Waals surface area contributed by atoms with Crippen LogP contribution in [-0.4, -0.2) is 47.1 Å². The normalized spacial score (nSPS) is 10.5. The smallest absolute Gasteiger partial charge is 0.254 e. The highest BCUT2D eigenvalue weighted by Crippen LogP contribution is 2.16. The number of anilines is 1. The molecule has 5 nitrogen and oxygen atoms in total. The van der Waals surface area contributed by atoms with Gasteiger partial charge in [0.25, 0.3) is 5.91 Å². The molecule has 2 N–H and O–H groups in total. The predicted molar refractivity (Wildman–Crippen MR) is 85.9 cm³/mol. The number of halogens is 1. The van der Waals surface area contributed by atoms with Crippen LogP contribution in [0.5, 0.6) is 0 Å². The monoisotopic (exact) mass is 313 g/mol. The molecule has 1 aromatic rings. The Bertz CT molecular complexity index is 455. The highest BCUT2D eigenvalue weighted by atomic mass is 35.5. The van der Waals surface area contributed by atoms with Crippen molar-refractivity contribution in [1.29, 1.82) is 0 Å². The van der Waals surface area contributed by atoms with Crippen molar-refractivity contribution in [3.8, 4) is 0 Å². The van der Waals surface area contributed by atoms with Crippen molar-refractivity contribution in [2.45, 2.75) is 33.1 Å². The van der Waals surface area contributed by atoms with Crippen LogP contribution >= 0.6 is 11.6 Å². The molecule has 0 saturated heterocycles. The number of amides is 1. The molecular formula is C15H24ClN3O2. The minimum Gasteiger partial charge on any atom is -0.395 e. The lowest BCUT2D eigenvalue weighted by atomic mass is 10.2. The first-order chi connectivity index (χ1) is 10.1. The zero-order valence-corrected chi connectivity index (χ0v) is 13.5. The van der Waals surface area contributed by atoms with E-state index >= 15 is 0 Å². The van der Waals surface area contributed by atoms with Gasteiger partial charge in [-0.2, -0.15) is 0 Å². The van der Waals surface area contributed by atoms with Gasteiger partial charge in [0.1, 0.15) is 11.0 Å². The van der Waals surface area contributed by atoms with E-state index in [0.29, 0.717) is 29.6 Å². The van der Waals surface area contributed by atoms with Gasteiger partial charge in [-0.1, -0.05) is 31.9 Å². The fourth-order valence-electron chi connectivity index (χ4n) is 1.93. The molecule has 0 spiro atoms. The zero-order valence-electron chi connectivity index (χ0n) is 12.7. The van der Waals surface area contributed by atoms with Crippen LogP contribution < -0.4 is 5.32 Å². The summed E-state index contributed by atoms with van der Waals surface area (Å²) >= 11 is 5.99. The first-order valence-corrected chi connectivity index (χ1v) is 7.81. The molecule has 0 aliphatic carbocycles. The summed E-state index contributed by atoms with van der Waals surface area (Å²) in [5, 5.41) is 12.5. The van der Waals surface area contributed by atoms with E-state index in [9.17, 15) is 4.79 Å². The summed E-state index contributed by atoms with van der Waals surface area (Å²) in [6, 6.07) is 3.28. The third-order valence-corrected chi connectivity index (χ3v) is 3.23. The van der Waals surface area contributed by atoms with E-state index in [1.807, 2.05) is 0 Å². The third-order valence-electron chi connectivity index (χ3n) is 3.04. The lowest BCUT2D eigenvalue weighted by Gasteiger charge is -2.22. The van der Waals surface area contributed by atoms with Gasteiger partial charge in [-0.15, -0.1) is 0 Å². The maximum atomic E-state index is 12.5. The van der Waals surface area contributed by atoms with Gasteiger partial charge in [-0.05, 0) is 25.0 Å². The molecule has 0 unspecified atom stereocenters. The van der Waals surface area contributed by atoms with Crippen LogP contribution in [0.25, 0.3) is 0 Å². The first kappa shape index (κ1) is 17.7. The molecule has 0 atom stereocenters. The standard InChI is InChI=1S/C15H24ClN3O2/c1-3-5-7-19(8-9-20)15(21)12-10-13(16)18-14(11-12)17-6-4-2/h10-11,20H,3-9H2,1-2H3,(H,17,18). The SMILES string of the molecule is CCCCN(CCO)C(=O)c1cc(Cl)nc(NCCC)c1. The molecule has 21 heavy (non-hydrogen) atoms. The molecule has 0 aliphatic heterocycles. The number of aliphatic hydroxyl groups excluding tert-OH is 1. The molecule has 0 fully saturated rings. The Morgan fingerprint density at radius 1 is 1.33 bits per heavy atom. The number of unbranched alkanes of at least 4 members (excludes halogenated alkanes) is 1. The topological polar surface area (TPSA) is 65.5 Å². The Kier molecular flexibility index (Phi) is 8.08. The number of pyridine rings is 1. The summed E-state index contributed by atoms with van der Waals surface area (Å²) in [5.74, 6) is 0.480. The van der Waals surface area contributed by atoms with E-state index in [1.165, 1.54) is 0 Å². The van der Waals surface area contributed by atoms with Gasteiger partial charge in [0, 0.05) is 25.2 Å². The number of nitrogens with zero attached hydrogens (tertiary/aromatic N) is 2. The highest BCUT2D eigenvalue weighted by molar-refractivity contribution is 6.29. The summed E-state index contributed by atoms with van der Waals surface area (Å²) in [5.41, 5.74) is 0.498. The second kappa shape index (κ2) is 9.58. The lowest BCUT2D eigenvalue weighted by Crippen LogP contribution is -2.34. The molecule has 0 saturated carbocycles. The first-order valence-electron chi connectivity index (χ1n) is 7.44. The van der Waals surface area contributed by atoms with Crippen molar-refractivity contribution in [3.05, 3.63) is 22.8 Å². The highest BCUT2D eigenvalue weighted by Gasteiger charge is 2.16. The zero-order chi connectivity index (χ0) is 15.7. The Hall–Kier alpha value is -1.33. The van der Waals surface area contributed by atoms with Crippen LogP contribution in [0.4, 0.5) is 5.82 Å². The Labute approximate surface area is 131 Å². The lowest BCUT2D eigenvalue weighted by molar-refractivity contribution is 0.0719. The number of hydrogen-bond donors (Lipinski definition) is 2. The molecule has 0 bridgehead atoms. The van der Waals surface area contributed by atoms with E-state index < -0.39 is 0 Å². The van der Waals surface area contributed by atoms with Crippen molar-refractivity contribution in [2.75, 3.05) is 31.6 Å². The number of carbonyl (C=O) groups excluding carboxylic acids is 1. The largest absolute Gasteiger partial charge is 0.395 e. The summed E-state index contributed by atoms with van der Waals surface area (Å²) in [7, 11) is 0. The molecule has 118 valence electrons. The van der Waals surface area contributed by atoms with Gasteiger partial charge in [-0.25, -0.2) is 4.98 Å². The van der Waals surface area contributed by atoms with Crippen molar-refractivity contribution < 1.29 is 9.90 Å². The van der Waals surface area contributed by atoms with Crippen LogP contribution in [0.1, 0.15) is 43.5 Å². The molecule has 1 aromatic heterocycles. The Balaban J connectivity index is 2.89. The van der Waals surface area contributed by atoms with E-state index in [-0.39, 0.29) is 12.5 Å². The van der Waals surface area contributed by atoms with Crippen molar-refractivity contribution in [3.63, 3.8) is 0 Å². The van der Waals surface area contributed by atoms with Gasteiger partial charge in [0.05, 0.1) is 6.61 Å². The molecule has 1 rings (SSSR count). The van der Waals surface area contributed by atoms with Gasteiger partial charge < -0.3 is 15.3 Å². The average molecular weight is 314 g/mol. The number of aliphatic hydroxyl groups is 1. The van der Waals surface area contributed by atoms with Crippen LogP contribution in [-0.2, 0) is 0 Å². The summed E-state index contributed by atoms with van der Waals surface area (Å²) in [6.07, 6.45) is 2.87. The Morgan fingerprint density at radius 3 is 2.71 bits per heavy atom. The summed E-state index contributed by atoms with van der Waals surface area (Å²) in [6.45, 7) is 5.81. The molecular weight excluding hydrogens is 290 g/mol. The minimum absolute atomic E-state index is 0.0464. The molecule has 6 heteroatoms. The second-order valence-corrected chi connectivity index (χ2v) is 5.25. The van der Waals surface area contributed by atoms with Crippen LogP contribution in [0.3, 0.4) is 0 Å². The molecule has 0 aromatic carbocycles. The number of hydrogen-bond acceptors (Lipinski definition) is 4. The molecule has 0 aliphatic rings. The fourth-order valence-corrected chi connectivity index (χ4v) is 2.14. The van der Waals surface area contributed by atoms with E-state index in [0.717, 1.165) is 25.8 Å². The van der Waals surface area contributed by atoms with Crippen LogP contribution in [0.15, 0.2) is 12.1 Å². The Morgan fingerprint density at radius 2 is 2.10 bits per heavy atom. The van der Waals surface area contributed by atoms with Crippen molar-refractivity contribution >= 4 is 23.3 Å². The molecule has 0 radical (unpaired) electrons. The van der Waals surface area contributed by atoms with E-state index in [1.54, 1.807) is 17.0 Å². The van der Waals surface area contributed by atoms with Gasteiger partial charge in [0.2, 0.25) is 0 Å². The maximum absolute atomic E-state index is 12.5. The number of nitrogens with one attached hydrogen (secondary N) is 1. The van der Waals surface area contributed by atoms with Gasteiger partial charge in [0.15, 0.2) is 0 Å². The minimum atomic E-state index is -0.124. The van der Waals surface area contributed by atoms with Crippen molar-refractivity contribution in [2.24, 2.45) is 0 Å². The maximum Gasteiger partial charge on any atom is 0.254 e. The summed E-state index contributed by atoms with van der Waals surface area (Å²) in [4.78, 5) is 18.3. The fraction of sp³-hybridized carbons (Fsp3) is 0.600. The number of carbonyl (C=O) groups is 1. The van der Waals surface area contributed by atoms with Crippen LogP contribution in [0, 0.1) is 0 Å². The average Bonchev–Trinajstić information content (AvgIpc) is 2.48. The quantitative estimate of drug-likeness (QED) is 0.688. The van der Waals surface area contributed by atoms with E-state index in [2.05, 4.69) is 24.1 Å². The van der Waals surface area contributed by atoms with E-state index in [4.69, 9.17) is 16.7 Å². The summed E-state index contributed by atoms with van der Waals surface area (Å²) < 4.78 is 0. The number of rotatable bonds is 9. The van der Waals surface area contributed by atoms with Crippen LogP contribution in [0.2, 0.25) is 5.15 Å². The van der Waals surface area contributed by atoms with Gasteiger partial charge >= 0.3 is 0 Å². The molecule has 1 heterocycles. The molecule has 1 amide bonds. The third kappa shape index (κ3) is 5.89. The number of aromatic nitrogens is 1. The van der Waals surface area contributed by atoms with Crippen molar-refractivity contribution in [1.82, 2.24) is 9.88 Å². The van der Waals surface area contributed by atoms with Gasteiger partial charge in [-0.3, -0.25) is 4.79 Å².